The number of unbranched alkanes of at least 4 members (excludes halogenated alkanes) is 5. The Labute approximate surface area is 208 Å². The van der Waals surface area contributed by atoms with Gasteiger partial charge in [0.15, 0.2) is 0 Å². The SMILES string of the molecule is COc1cc([N+](=O)[O-])ccc1NC(=O)CCCCCCCCC(=O)Nc1ccc([N+](=O)[O-])cc1OC. The Kier molecular flexibility index (Phi) is 11.1. The highest BCUT2D eigenvalue weighted by Gasteiger charge is 2.14. The van der Waals surface area contributed by atoms with Crippen LogP contribution in [-0.4, -0.2) is 35.9 Å². The minimum absolute atomic E-state index is 0.117. The molecule has 0 saturated carbocycles. The highest BCUT2D eigenvalue weighted by atomic mass is 16.6. The van der Waals surface area contributed by atoms with E-state index >= 15 is 0 Å². The molecule has 2 aromatic carbocycles. The second-order valence-corrected chi connectivity index (χ2v) is 8.00. The van der Waals surface area contributed by atoms with E-state index in [2.05, 4.69) is 10.6 Å². The van der Waals surface area contributed by atoms with Crippen molar-refractivity contribution in [3.8, 4) is 11.5 Å². The van der Waals surface area contributed by atoms with Crippen LogP contribution in [0.5, 0.6) is 11.5 Å². The maximum atomic E-state index is 12.2. The van der Waals surface area contributed by atoms with Gasteiger partial charge in [0.2, 0.25) is 11.8 Å². The third-order valence-corrected chi connectivity index (χ3v) is 5.40. The molecule has 0 unspecified atom stereocenters. The lowest BCUT2D eigenvalue weighted by Crippen LogP contribution is -2.12. The molecule has 0 saturated heterocycles. The summed E-state index contributed by atoms with van der Waals surface area (Å²) in [7, 11) is 2.76. The van der Waals surface area contributed by atoms with E-state index in [4.69, 9.17) is 9.47 Å². The number of amides is 2. The summed E-state index contributed by atoms with van der Waals surface area (Å²) < 4.78 is 10.2. The van der Waals surface area contributed by atoms with Gasteiger partial charge in [0.1, 0.15) is 11.5 Å². The van der Waals surface area contributed by atoms with E-state index in [0.29, 0.717) is 37.1 Å². The molecular weight excluding hydrogens is 472 g/mol. The number of ether oxygens (including phenoxy) is 2. The van der Waals surface area contributed by atoms with Crippen LogP contribution in [-0.2, 0) is 9.59 Å². The van der Waals surface area contributed by atoms with E-state index in [9.17, 15) is 29.8 Å². The number of benzene rings is 2. The Morgan fingerprint density at radius 3 is 1.39 bits per heavy atom. The van der Waals surface area contributed by atoms with Gasteiger partial charge in [-0.1, -0.05) is 25.7 Å². The van der Waals surface area contributed by atoms with Crippen molar-refractivity contribution in [1.29, 1.82) is 0 Å². The minimum Gasteiger partial charge on any atom is -0.494 e. The Morgan fingerprint density at radius 1 is 0.694 bits per heavy atom. The summed E-state index contributed by atoms with van der Waals surface area (Å²) in [5.41, 5.74) is 0.539. The summed E-state index contributed by atoms with van der Waals surface area (Å²) in [6, 6.07) is 8.03. The molecule has 0 aromatic heterocycles. The zero-order valence-electron chi connectivity index (χ0n) is 20.3. The first-order valence-corrected chi connectivity index (χ1v) is 11.5. The summed E-state index contributed by atoms with van der Waals surface area (Å²) >= 11 is 0. The second kappa shape index (κ2) is 14.2. The third-order valence-electron chi connectivity index (χ3n) is 5.40. The van der Waals surface area contributed by atoms with Gasteiger partial charge in [0, 0.05) is 25.0 Å². The molecular formula is C24H30N4O8. The number of rotatable bonds is 15. The molecule has 2 rings (SSSR count). The van der Waals surface area contributed by atoms with Crippen molar-refractivity contribution in [2.45, 2.75) is 51.4 Å². The van der Waals surface area contributed by atoms with Gasteiger partial charge in [-0.3, -0.25) is 29.8 Å². The molecule has 2 N–H and O–H groups in total. The van der Waals surface area contributed by atoms with Crippen LogP contribution in [0.2, 0.25) is 0 Å². The molecule has 194 valence electrons. The molecule has 36 heavy (non-hydrogen) atoms. The van der Waals surface area contributed by atoms with Crippen LogP contribution in [0.15, 0.2) is 36.4 Å². The van der Waals surface area contributed by atoms with Crippen molar-refractivity contribution in [1.82, 2.24) is 0 Å². The van der Waals surface area contributed by atoms with Gasteiger partial charge in [-0.05, 0) is 25.0 Å². The van der Waals surface area contributed by atoms with E-state index in [-0.39, 0.29) is 34.7 Å². The number of nitro benzene ring substituents is 2. The summed E-state index contributed by atoms with van der Waals surface area (Å²) in [6.07, 6.45) is 5.59. The Balaban J connectivity index is 1.61. The van der Waals surface area contributed by atoms with Crippen LogP contribution in [0.3, 0.4) is 0 Å². The minimum atomic E-state index is -0.531. The molecule has 12 heteroatoms. The number of methoxy groups -OCH3 is 2. The standard InChI is InChI=1S/C24H30N4O8/c1-35-21-15-17(27(31)32)11-13-19(21)25-23(29)9-7-5-3-4-6-8-10-24(30)26-20-14-12-18(28(33)34)16-22(20)36-2/h11-16H,3-10H2,1-2H3,(H,25,29)(H,26,30). The molecule has 0 fully saturated rings. The van der Waals surface area contributed by atoms with E-state index in [1.165, 1.54) is 50.6 Å². The number of hydrogen-bond donors (Lipinski definition) is 2. The quantitative estimate of drug-likeness (QED) is 0.190. The fourth-order valence-corrected chi connectivity index (χ4v) is 3.50. The number of nitrogens with zero attached hydrogens (tertiary/aromatic N) is 2. The molecule has 0 atom stereocenters. The normalized spacial score (nSPS) is 10.4. The van der Waals surface area contributed by atoms with E-state index < -0.39 is 9.85 Å². The van der Waals surface area contributed by atoms with Crippen LogP contribution >= 0.6 is 0 Å². The fourth-order valence-electron chi connectivity index (χ4n) is 3.50. The van der Waals surface area contributed by atoms with Crippen LogP contribution < -0.4 is 20.1 Å². The van der Waals surface area contributed by atoms with Crippen LogP contribution in [0.4, 0.5) is 22.7 Å². The van der Waals surface area contributed by atoms with Crippen molar-refractivity contribution in [3.05, 3.63) is 56.6 Å². The lowest BCUT2D eigenvalue weighted by Gasteiger charge is -2.10. The largest absolute Gasteiger partial charge is 0.494 e. The number of anilines is 2. The van der Waals surface area contributed by atoms with E-state index in [0.717, 1.165) is 25.7 Å². The highest BCUT2D eigenvalue weighted by molar-refractivity contribution is 5.93. The first-order valence-electron chi connectivity index (χ1n) is 11.5. The summed E-state index contributed by atoms with van der Waals surface area (Å²) in [6.45, 7) is 0. The maximum Gasteiger partial charge on any atom is 0.273 e. The molecule has 0 aliphatic carbocycles. The maximum absolute atomic E-state index is 12.2. The number of nitro groups is 2. The molecule has 2 amide bonds. The van der Waals surface area contributed by atoms with Gasteiger partial charge in [-0.2, -0.15) is 0 Å². The Hall–Kier alpha value is -4.22. The third kappa shape index (κ3) is 8.85. The molecule has 0 aliphatic heterocycles. The van der Waals surface area contributed by atoms with Crippen molar-refractivity contribution in [2.24, 2.45) is 0 Å². The predicted octanol–water partition coefficient (Wildman–Crippen LogP) is 5.22. The molecule has 0 heterocycles. The topological polar surface area (TPSA) is 163 Å². The second-order valence-electron chi connectivity index (χ2n) is 8.00. The lowest BCUT2D eigenvalue weighted by atomic mass is 10.1. The van der Waals surface area contributed by atoms with Crippen molar-refractivity contribution in [2.75, 3.05) is 24.9 Å². The van der Waals surface area contributed by atoms with E-state index in [1.807, 2.05) is 0 Å². The molecule has 0 spiro atoms. The van der Waals surface area contributed by atoms with E-state index in [1.54, 1.807) is 0 Å². The first kappa shape index (κ1) is 28.0. The van der Waals surface area contributed by atoms with Crippen LogP contribution in [0.25, 0.3) is 0 Å². The average Bonchev–Trinajstić information content (AvgIpc) is 2.85. The Morgan fingerprint density at radius 2 is 1.06 bits per heavy atom. The number of carbonyl (C=O) groups excluding carboxylic acids is 2. The predicted molar refractivity (Wildman–Crippen MR) is 133 cm³/mol. The molecule has 0 radical (unpaired) electrons. The monoisotopic (exact) mass is 502 g/mol. The average molecular weight is 503 g/mol. The Bertz CT molecular complexity index is 1000. The number of carbonyl (C=O) groups is 2. The summed E-state index contributed by atoms with van der Waals surface area (Å²) in [4.78, 5) is 45.0. The van der Waals surface area contributed by atoms with Crippen LogP contribution in [0, 0.1) is 20.2 Å². The van der Waals surface area contributed by atoms with Gasteiger partial charge in [0.05, 0.1) is 47.6 Å². The van der Waals surface area contributed by atoms with Crippen molar-refractivity contribution < 1.29 is 28.9 Å². The molecule has 0 aliphatic rings. The number of hydrogen-bond acceptors (Lipinski definition) is 8. The van der Waals surface area contributed by atoms with Gasteiger partial charge < -0.3 is 20.1 Å². The summed E-state index contributed by atoms with van der Waals surface area (Å²) in [5, 5.41) is 27.1. The number of nitrogens with one attached hydrogen (secondary N) is 2. The fraction of sp³-hybridized carbons (Fsp3) is 0.417. The van der Waals surface area contributed by atoms with Gasteiger partial charge in [-0.15, -0.1) is 0 Å². The van der Waals surface area contributed by atoms with Crippen molar-refractivity contribution in [3.63, 3.8) is 0 Å². The zero-order valence-corrected chi connectivity index (χ0v) is 20.3. The van der Waals surface area contributed by atoms with Gasteiger partial charge in [0.25, 0.3) is 11.4 Å². The molecule has 0 bridgehead atoms. The lowest BCUT2D eigenvalue weighted by molar-refractivity contribution is -0.385. The van der Waals surface area contributed by atoms with Gasteiger partial charge in [-0.25, -0.2) is 0 Å². The molecule has 12 nitrogen and oxygen atoms in total. The molecule has 2 aromatic rings. The smallest absolute Gasteiger partial charge is 0.273 e. The summed E-state index contributed by atoms with van der Waals surface area (Å²) in [5.74, 6) is 0.0724. The first-order chi connectivity index (χ1) is 17.2. The van der Waals surface area contributed by atoms with Crippen molar-refractivity contribution >= 4 is 34.6 Å². The van der Waals surface area contributed by atoms with Gasteiger partial charge >= 0.3 is 0 Å². The highest BCUT2D eigenvalue weighted by Crippen LogP contribution is 2.30. The zero-order chi connectivity index (χ0) is 26.5. The van der Waals surface area contributed by atoms with Crippen LogP contribution in [0.1, 0.15) is 51.4 Å². The number of non-ortho nitro benzene ring substituents is 2.